The van der Waals surface area contributed by atoms with Crippen LogP contribution in [0.4, 0.5) is 0 Å². The molecule has 0 spiro atoms. The summed E-state index contributed by atoms with van der Waals surface area (Å²) < 4.78 is 1.45. The molecule has 0 fully saturated rings. The first-order valence-electron chi connectivity index (χ1n) is 6.63. The van der Waals surface area contributed by atoms with Crippen molar-refractivity contribution >= 4 is 17.3 Å². The predicted molar refractivity (Wildman–Crippen MR) is 85.0 cm³/mol. The second kappa shape index (κ2) is 5.59. The zero-order valence-electron chi connectivity index (χ0n) is 12.0. The van der Waals surface area contributed by atoms with Crippen molar-refractivity contribution in [2.75, 3.05) is 0 Å². The minimum absolute atomic E-state index is 0.185. The van der Waals surface area contributed by atoms with E-state index in [4.69, 9.17) is 5.11 Å². The van der Waals surface area contributed by atoms with Gasteiger partial charge in [-0.15, -0.1) is 11.3 Å². The molecule has 0 bridgehead atoms. The molecule has 6 nitrogen and oxygen atoms in total. The lowest BCUT2D eigenvalue weighted by atomic mass is 10.2. The number of rotatable bonds is 3. The number of benzene rings is 1. The molecule has 0 atom stereocenters. The van der Waals surface area contributed by atoms with Gasteiger partial charge in [0.15, 0.2) is 0 Å². The molecule has 23 heavy (non-hydrogen) atoms. The van der Waals surface area contributed by atoms with Crippen molar-refractivity contribution < 1.29 is 15.0 Å². The van der Waals surface area contributed by atoms with Crippen molar-refractivity contribution in [3.63, 3.8) is 0 Å². The first-order valence-corrected chi connectivity index (χ1v) is 7.44. The van der Waals surface area contributed by atoms with Crippen LogP contribution in [-0.2, 0) is 0 Å². The van der Waals surface area contributed by atoms with E-state index >= 15 is 0 Å². The van der Waals surface area contributed by atoms with E-state index in [0.717, 1.165) is 9.75 Å². The van der Waals surface area contributed by atoms with E-state index in [9.17, 15) is 15.2 Å². The van der Waals surface area contributed by atoms with Gasteiger partial charge in [0.05, 0.1) is 16.1 Å². The maximum Gasteiger partial charge on any atom is 0.339 e. The number of nitrogens with zero attached hydrogens (tertiary/aromatic N) is 3. The van der Waals surface area contributed by atoms with E-state index in [2.05, 4.69) is 11.2 Å². The minimum Gasteiger partial charge on any atom is -0.507 e. The van der Waals surface area contributed by atoms with Crippen molar-refractivity contribution in [1.82, 2.24) is 9.78 Å². The van der Waals surface area contributed by atoms with Crippen LogP contribution in [-0.4, -0.2) is 26.0 Å². The van der Waals surface area contributed by atoms with E-state index in [-0.39, 0.29) is 11.3 Å². The van der Waals surface area contributed by atoms with Crippen molar-refractivity contribution in [2.45, 2.75) is 6.92 Å². The fourth-order valence-electron chi connectivity index (χ4n) is 2.18. The average Bonchev–Trinajstić information content (AvgIpc) is 3.12. The third-order valence-corrected chi connectivity index (χ3v) is 4.29. The van der Waals surface area contributed by atoms with Crippen LogP contribution in [0.5, 0.6) is 5.75 Å². The van der Waals surface area contributed by atoms with Gasteiger partial charge in [-0.05, 0) is 31.2 Å². The van der Waals surface area contributed by atoms with Crippen LogP contribution >= 0.6 is 11.3 Å². The summed E-state index contributed by atoms with van der Waals surface area (Å²) in [5.74, 6) is -1.56. The maximum atomic E-state index is 10.9. The van der Waals surface area contributed by atoms with Gasteiger partial charge in [-0.2, -0.15) is 10.4 Å². The Morgan fingerprint density at radius 1 is 1.35 bits per heavy atom. The third kappa shape index (κ3) is 2.67. The van der Waals surface area contributed by atoms with Crippen LogP contribution in [0.2, 0.25) is 0 Å². The first-order chi connectivity index (χ1) is 11.0. The zero-order valence-corrected chi connectivity index (χ0v) is 12.8. The molecule has 2 aromatic heterocycles. The Morgan fingerprint density at radius 2 is 2.13 bits per heavy atom. The fraction of sp³-hybridized carbons (Fsp3) is 0.0625. The van der Waals surface area contributed by atoms with Crippen LogP contribution in [0.1, 0.15) is 20.8 Å². The number of aromatic nitrogens is 2. The molecule has 0 saturated heterocycles. The normalized spacial score (nSPS) is 10.4. The van der Waals surface area contributed by atoms with Gasteiger partial charge in [0.25, 0.3) is 0 Å². The molecule has 2 heterocycles. The van der Waals surface area contributed by atoms with Gasteiger partial charge in [0.2, 0.25) is 0 Å². The Kier molecular flexibility index (Phi) is 3.60. The Morgan fingerprint density at radius 3 is 2.70 bits per heavy atom. The second-order valence-electron chi connectivity index (χ2n) is 4.86. The number of nitriles is 1. The molecule has 1 aromatic carbocycles. The lowest BCUT2D eigenvalue weighted by molar-refractivity contribution is 0.0694. The highest BCUT2D eigenvalue weighted by molar-refractivity contribution is 7.15. The quantitative estimate of drug-likeness (QED) is 0.770. The van der Waals surface area contributed by atoms with E-state index in [1.54, 1.807) is 6.20 Å². The smallest absolute Gasteiger partial charge is 0.339 e. The third-order valence-electron chi connectivity index (χ3n) is 3.28. The van der Waals surface area contributed by atoms with Gasteiger partial charge in [-0.25, -0.2) is 9.48 Å². The summed E-state index contributed by atoms with van der Waals surface area (Å²) in [7, 11) is 0. The monoisotopic (exact) mass is 325 g/mol. The Bertz CT molecular complexity index is 950. The molecule has 0 unspecified atom stereocenters. The molecule has 0 aliphatic carbocycles. The molecule has 0 saturated carbocycles. The topological polar surface area (TPSA) is 99.1 Å². The molecule has 0 amide bonds. The molecular weight excluding hydrogens is 314 g/mol. The highest BCUT2D eigenvalue weighted by Gasteiger charge is 2.15. The lowest BCUT2D eigenvalue weighted by Gasteiger charge is -2.04. The first kappa shape index (κ1) is 14.8. The largest absolute Gasteiger partial charge is 0.507 e. The predicted octanol–water partition coefficient (Wildman–Crippen LogP) is 3.18. The molecule has 7 heteroatoms. The average molecular weight is 325 g/mol. The number of aromatic carboxylic acids is 1. The summed E-state index contributed by atoms with van der Waals surface area (Å²) in [6.07, 6.45) is 1.56. The van der Waals surface area contributed by atoms with E-state index in [1.807, 2.05) is 19.1 Å². The Balaban J connectivity index is 2.08. The molecule has 0 aliphatic heterocycles. The molecule has 114 valence electrons. The van der Waals surface area contributed by atoms with Crippen molar-refractivity contribution in [2.24, 2.45) is 0 Å². The van der Waals surface area contributed by atoms with E-state index in [0.29, 0.717) is 16.9 Å². The van der Waals surface area contributed by atoms with E-state index in [1.165, 1.54) is 34.2 Å². The van der Waals surface area contributed by atoms with Gasteiger partial charge in [0.1, 0.15) is 23.1 Å². The molecule has 3 aromatic rings. The summed E-state index contributed by atoms with van der Waals surface area (Å²) in [6, 6.07) is 10.1. The number of carboxylic acid groups (broad SMARTS) is 1. The van der Waals surface area contributed by atoms with Crippen molar-refractivity contribution in [3.05, 3.63) is 52.5 Å². The number of hydrogen-bond donors (Lipinski definition) is 2. The van der Waals surface area contributed by atoms with E-state index < -0.39 is 5.97 Å². The van der Waals surface area contributed by atoms with Crippen LogP contribution in [0.3, 0.4) is 0 Å². The van der Waals surface area contributed by atoms with Gasteiger partial charge in [-0.1, -0.05) is 0 Å². The highest BCUT2D eigenvalue weighted by atomic mass is 32.1. The lowest BCUT2D eigenvalue weighted by Crippen LogP contribution is -1.99. The van der Waals surface area contributed by atoms with Crippen LogP contribution in [0, 0.1) is 18.3 Å². The summed E-state index contributed by atoms with van der Waals surface area (Å²) in [5, 5.41) is 32.4. The molecular formula is C16H11N3O3S. The summed E-state index contributed by atoms with van der Waals surface area (Å²) in [4.78, 5) is 12.9. The molecule has 3 rings (SSSR count). The van der Waals surface area contributed by atoms with Crippen LogP contribution in [0.25, 0.3) is 16.3 Å². The maximum absolute atomic E-state index is 10.9. The molecule has 0 aliphatic rings. The number of phenols is 1. The number of aryl methyl sites for hydroxylation is 1. The number of hydrogen-bond acceptors (Lipinski definition) is 5. The number of aromatic hydroxyl groups is 1. The number of thiophene rings is 1. The summed E-state index contributed by atoms with van der Waals surface area (Å²) in [5.41, 5.74) is 1.26. The number of carbonyl (C=O) groups is 1. The fourth-order valence-corrected chi connectivity index (χ4v) is 3.04. The Labute approximate surface area is 135 Å². The zero-order chi connectivity index (χ0) is 16.6. The van der Waals surface area contributed by atoms with Gasteiger partial charge >= 0.3 is 5.97 Å². The Hall–Kier alpha value is -3.11. The van der Waals surface area contributed by atoms with Gasteiger partial charge in [-0.3, -0.25) is 0 Å². The van der Waals surface area contributed by atoms with Crippen molar-refractivity contribution in [1.29, 1.82) is 5.26 Å². The van der Waals surface area contributed by atoms with Crippen LogP contribution in [0.15, 0.2) is 36.5 Å². The number of carboxylic acids is 1. The standard InChI is InChI=1S/C16H11N3O3S/c1-9-2-5-14(23-9)15-10(7-17)8-19(18-15)11-3-4-12(16(21)22)13(20)6-11/h2-6,8,20H,1H3,(H,21,22). The molecule has 2 N–H and O–H groups in total. The second-order valence-corrected chi connectivity index (χ2v) is 6.15. The van der Waals surface area contributed by atoms with Crippen molar-refractivity contribution in [3.8, 4) is 28.1 Å². The van der Waals surface area contributed by atoms with Gasteiger partial charge < -0.3 is 10.2 Å². The van der Waals surface area contributed by atoms with Gasteiger partial charge in [0, 0.05) is 17.1 Å². The SMILES string of the molecule is Cc1ccc(-c2nn(-c3ccc(C(=O)O)c(O)c3)cc2C#N)s1. The summed E-state index contributed by atoms with van der Waals surface area (Å²) in [6.45, 7) is 1.97. The summed E-state index contributed by atoms with van der Waals surface area (Å²) >= 11 is 1.53. The van der Waals surface area contributed by atoms with Crippen LogP contribution < -0.4 is 0 Å². The highest BCUT2D eigenvalue weighted by Crippen LogP contribution is 2.30. The minimum atomic E-state index is -1.21. The molecule has 0 radical (unpaired) electrons.